The first-order valence-electron chi connectivity index (χ1n) is 17.2. The summed E-state index contributed by atoms with van der Waals surface area (Å²) in [7, 11) is 0. The van der Waals surface area contributed by atoms with Crippen LogP contribution in [0, 0.1) is 11.8 Å². The number of hydrogen-bond acceptors (Lipinski definition) is 4. The van der Waals surface area contributed by atoms with Crippen molar-refractivity contribution in [3.63, 3.8) is 0 Å². The van der Waals surface area contributed by atoms with Crippen molar-refractivity contribution >= 4 is 27.4 Å². The van der Waals surface area contributed by atoms with Gasteiger partial charge >= 0.3 is 0 Å². The van der Waals surface area contributed by atoms with E-state index in [1.54, 1.807) is 0 Å². The number of benzene rings is 5. The van der Waals surface area contributed by atoms with Crippen LogP contribution >= 0.6 is 0 Å². The van der Waals surface area contributed by atoms with Crippen LogP contribution in [0.3, 0.4) is 0 Å². The van der Waals surface area contributed by atoms with Gasteiger partial charge < -0.3 is 9.47 Å². The highest BCUT2D eigenvalue weighted by Crippen LogP contribution is 2.44. The van der Waals surface area contributed by atoms with E-state index < -0.39 is 11.1 Å². The summed E-state index contributed by atoms with van der Waals surface area (Å²) in [6.07, 6.45) is 3.98. The normalized spacial score (nSPS) is 14.9. The lowest BCUT2D eigenvalue weighted by atomic mass is 9.84. The van der Waals surface area contributed by atoms with Crippen molar-refractivity contribution in [3.05, 3.63) is 108 Å². The molecule has 0 unspecified atom stereocenters. The molecular weight excluding hydrogens is 592 g/mol. The van der Waals surface area contributed by atoms with Gasteiger partial charge in [-0.2, -0.15) is 5.06 Å². The number of aliphatic imine (C=N–C) groups is 1. The molecule has 1 aliphatic heterocycles. The van der Waals surface area contributed by atoms with Crippen molar-refractivity contribution in [2.24, 2.45) is 4.99 Å². The van der Waals surface area contributed by atoms with E-state index in [0.29, 0.717) is 19.0 Å². The molecule has 5 aromatic rings. The Morgan fingerprint density at radius 3 is 1.85 bits per heavy atom. The second-order valence-electron chi connectivity index (χ2n) is 13.6. The predicted octanol–water partition coefficient (Wildman–Crippen LogP) is 10.4. The molecule has 0 aromatic heterocycles. The average molecular weight is 638 g/mol. The molecule has 48 heavy (non-hydrogen) atoms. The Hall–Kier alpha value is -4.79. The standard InChI is InChI=1S/C43H45N2O3/c1-7-9-25-47-38-29-37(40-35-17-13-11-15-32(35)27-33-16-12-14-18-36(33)40)39(48-26-10-8-2)28-34(38)24-21-30-19-22-31(23-20-30)41-44-42(3,4)43(5,6)45(41)46/h11-20,22-23,27-29H,7-10,25-26H2,1-6H3. The molecule has 0 saturated heterocycles. The van der Waals surface area contributed by atoms with Gasteiger partial charge in [0.15, 0.2) is 5.84 Å². The minimum atomic E-state index is -0.629. The third kappa shape index (κ3) is 6.38. The number of nitrogens with zero attached hydrogens (tertiary/aromatic N) is 2. The summed E-state index contributed by atoms with van der Waals surface area (Å²) in [6.45, 7) is 13.4. The Labute approximate surface area is 285 Å². The third-order valence-corrected chi connectivity index (χ3v) is 9.70. The van der Waals surface area contributed by atoms with Gasteiger partial charge in [-0.1, -0.05) is 92.3 Å². The van der Waals surface area contributed by atoms with Crippen LogP contribution in [-0.4, -0.2) is 35.2 Å². The van der Waals surface area contributed by atoms with Crippen LogP contribution in [0.4, 0.5) is 0 Å². The predicted molar refractivity (Wildman–Crippen MR) is 197 cm³/mol. The fourth-order valence-corrected chi connectivity index (χ4v) is 6.03. The first-order valence-corrected chi connectivity index (χ1v) is 17.2. The maximum Gasteiger partial charge on any atom is 0.159 e. The van der Waals surface area contributed by atoms with E-state index in [9.17, 15) is 5.21 Å². The highest BCUT2D eigenvalue weighted by atomic mass is 16.5. The second kappa shape index (κ2) is 13.7. The molecule has 245 valence electrons. The smallest absolute Gasteiger partial charge is 0.159 e. The molecule has 6 rings (SSSR count). The van der Waals surface area contributed by atoms with E-state index in [1.165, 1.54) is 21.5 Å². The average Bonchev–Trinajstić information content (AvgIpc) is 3.25. The van der Waals surface area contributed by atoms with Gasteiger partial charge in [-0.25, -0.2) is 0 Å². The molecule has 0 fully saturated rings. The van der Waals surface area contributed by atoms with Gasteiger partial charge in [-0.3, -0.25) is 4.99 Å². The summed E-state index contributed by atoms with van der Waals surface area (Å²) >= 11 is 0. The Morgan fingerprint density at radius 1 is 0.708 bits per heavy atom. The van der Waals surface area contributed by atoms with Crippen molar-refractivity contribution < 1.29 is 14.7 Å². The van der Waals surface area contributed by atoms with E-state index in [4.69, 9.17) is 14.5 Å². The molecule has 5 heteroatoms. The van der Waals surface area contributed by atoms with Gasteiger partial charge in [0.2, 0.25) is 0 Å². The maximum atomic E-state index is 13.1. The highest BCUT2D eigenvalue weighted by molar-refractivity contribution is 6.13. The lowest BCUT2D eigenvalue weighted by molar-refractivity contribution is -0.158. The van der Waals surface area contributed by atoms with Crippen LogP contribution in [0.1, 0.15) is 83.9 Å². The summed E-state index contributed by atoms with van der Waals surface area (Å²) in [6, 6.07) is 31.3. The van der Waals surface area contributed by atoms with Crippen LogP contribution in [-0.2, 0) is 5.21 Å². The molecule has 0 spiro atoms. The largest absolute Gasteiger partial charge is 0.493 e. The molecule has 1 heterocycles. The Kier molecular flexibility index (Phi) is 9.49. The number of amidine groups is 1. The van der Waals surface area contributed by atoms with Crippen LogP contribution in [0.15, 0.2) is 96.0 Å². The molecule has 0 aliphatic carbocycles. The molecule has 1 aliphatic rings. The van der Waals surface area contributed by atoms with Gasteiger partial charge in [-0.15, -0.1) is 0 Å². The molecule has 0 bridgehead atoms. The van der Waals surface area contributed by atoms with Gasteiger partial charge in [0, 0.05) is 28.3 Å². The zero-order chi connectivity index (χ0) is 33.9. The summed E-state index contributed by atoms with van der Waals surface area (Å²) < 4.78 is 13.0. The summed E-state index contributed by atoms with van der Waals surface area (Å²) in [5, 5.41) is 18.9. The number of unbranched alkanes of at least 4 members (excludes halogenated alkanes) is 2. The number of hydroxylamine groups is 2. The van der Waals surface area contributed by atoms with Crippen molar-refractivity contribution in [3.8, 4) is 34.5 Å². The van der Waals surface area contributed by atoms with Crippen LogP contribution < -0.4 is 9.47 Å². The number of ether oxygens (including phenoxy) is 2. The third-order valence-electron chi connectivity index (χ3n) is 9.70. The van der Waals surface area contributed by atoms with Crippen molar-refractivity contribution in [1.82, 2.24) is 5.06 Å². The molecule has 0 atom stereocenters. The topological polar surface area (TPSA) is 54.0 Å². The lowest BCUT2D eigenvalue weighted by Crippen LogP contribution is -2.50. The highest BCUT2D eigenvalue weighted by Gasteiger charge is 2.50. The minimum absolute atomic E-state index is 0.460. The lowest BCUT2D eigenvalue weighted by Gasteiger charge is -2.35. The van der Waals surface area contributed by atoms with Crippen molar-refractivity contribution in [2.75, 3.05) is 13.2 Å². The van der Waals surface area contributed by atoms with E-state index in [2.05, 4.69) is 92.4 Å². The zero-order valence-electron chi connectivity index (χ0n) is 29.0. The van der Waals surface area contributed by atoms with Crippen LogP contribution in [0.25, 0.3) is 32.7 Å². The second-order valence-corrected chi connectivity index (χ2v) is 13.6. The first-order chi connectivity index (χ1) is 23.1. The van der Waals surface area contributed by atoms with E-state index >= 15 is 0 Å². The SMILES string of the molecule is CCCCOc1cc(-c2c3ccccc3cc3ccccc23)c(OCCCC)cc1C#Cc1ccc(C2=NC(C)(C)C(C)(C)N2[O])cc1. The van der Waals surface area contributed by atoms with Crippen LogP contribution in [0.2, 0.25) is 0 Å². The minimum Gasteiger partial charge on any atom is -0.493 e. The van der Waals surface area contributed by atoms with Gasteiger partial charge in [0.05, 0.1) is 29.9 Å². The van der Waals surface area contributed by atoms with Crippen molar-refractivity contribution in [1.29, 1.82) is 0 Å². The molecule has 0 saturated carbocycles. The number of hydrogen-bond donors (Lipinski definition) is 0. The molecular formula is C43H45N2O3. The molecule has 1 radical (unpaired) electrons. The summed E-state index contributed by atoms with van der Waals surface area (Å²) in [5.74, 6) is 8.76. The summed E-state index contributed by atoms with van der Waals surface area (Å²) in [4.78, 5) is 4.77. The number of rotatable bonds is 10. The first kappa shape index (κ1) is 33.1. The van der Waals surface area contributed by atoms with E-state index in [1.807, 2.05) is 52.0 Å². The Balaban J connectivity index is 1.45. The van der Waals surface area contributed by atoms with Crippen molar-refractivity contribution in [2.45, 2.75) is 78.3 Å². The van der Waals surface area contributed by atoms with Gasteiger partial charge in [0.25, 0.3) is 0 Å². The molecule has 0 amide bonds. The fourth-order valence-electron chi connectivity index (χ4n) is 6.03. The van der Waals surface area contributed by atoms with Gasteiger partial charge in [-0.05, 0) is 98.5 Å². The maximum absolute atomic E-state index is 13.1. The van der Waals surface area contributed by atoms with E-state index in [-0.39, 0.29) is 0 Å². The zero-order valence-corrected chi connectivity index (χ0v) is 29.0. The quantitative estimate of drug-likeness (QED) is 0.0870. The number of fused-ring (bicyclic) bond motifs is 2. The monoisotopic (exact) mass is 637 g/mol. The van der Waals surface area contributed by atoms with Gasteiger partial charge in [0.1, 0.15) is 11.5 Å². The Bertz CT molecular complexity index is 1980. The van der Waals surface area contributed by atoms with Crippen LogP contribution in [0.5, 0.6) is 11.5 Å². The van der Waals surface area contributed by atoms with E-state index in [0.717, 1.165) is 70.1 Å². The Morgan fingerprint density at radius 2 is 1.29 bits per heavy atom. The fraction of sp³-hybridized carbons (Fsp3) is 0.326. The summed E-state index contributed by atoms with van der Waals surface area (Å²) in [5.41, 5.74) is 3.44. The molecule has 5 aromatic carbocycles. The molecule has 0 N–H and O–H groups in total. The molecule has 5 nitrogen and oxygen atoms in total.